The molecule has 6 nitrogen and oxygen atoms in total. The molecule has 0 saturated carbocycles. The Balaban J connectivity index is 2.13. The number of likely N-dealkylation sites (N-methyl/N-ethyl adjacent to an activating group) is 1. The summed E-state index contributed by atoms with van der Waals surface area (Å²) in [4.78, 5) is 24.0. The van der Waals surface area contributed by atoms with Gasteiger partial charge in [-0.15, -0.1) is 0 Å². The van der Waals surface area contributed by atoms with Crippen LogP contribution in [0.4, 0.5) is 5.69 Å². The summed E-state index contributed by atoms with van der Waals surface area (Å²) >= 11 is 0. The third-order valence-corrected chi connectivity index (χ3v) is 3.28. The zero-order chi connectivity index (χ0) is 14.0. The van der Waals surface area contributed by atoms with Crippen LogP contribution in [0.2, 0.25) is 0 Å². The summed E-state index contributed by atoms with van der Waals surface area (Å²) in [5.41, 5.74) is 0.677. The largest absolute Gasteiger partial charge is 0.461 e. The van der Waals surface area contributed by atoms with E-state index in [0.717, 1.165) is 0 Å². The van der Waals surface area contributed by atoms with Gasteiger partial charge in [-0.2, -0.15) is 0 Å². The van der Waals surface area contributed by atoms with E-state index in [9.17, 15) is 14.9 Å². The Morgan fingerprint density at radius 3 is 2.74 bits per heavy atom. The van der Waals surface area contributed by atoms with Gasteiger partial charge in [0.25, 0.3) is 5.69 Å². The fraction of sp³-hybridized carbons (Fsp3) is 0.462. The third kappa shape index (κ3) is 2.90. The first-order valence-corrected chi connectivity index (χ1v) is 6.12. The lowest BCUT2D eigenvalue weighted by Gasteiger charge is -2.20. The summed E-state index contributed by atoms with van der Waals surface area (Å²) in [6.45, 7) is 2.19. The molecule has 0 aliphatic carbocycles. The van der Waals surface area contributed by atoms with Gasteiger partial charge in [-0.3, -0.25) is 19.8 Å². The topological polar surface area (TPSA) is 72.7 Å². The van der Waals surface area contributed by atoms with Crippen LogP contribution in [0.5, 0.6) is 0 Å². The Labute approximate surface area is 111 Å². The van der Waals surface area contributed by atoms with E-state index < -0.39 is 4.92 Å². The van der Waals surface area contributed by atoms with Crippen molar-refractivity contribution < 1.29 is 14.5 Å². The summed E-state index contributed by atoms with van der Waals surface area (Å²) in [6, 6.07) is 6.24. The molecule has 1 saturated heterocycles. The van der Waals surface area contributed by atoms with Crippen LogP contribution in [0.1, 0.15) is 18.9 Å². The number of carbonyl (C=O) groups excluding carboxylic acids is 1. The molecular formula is C13H16N2O4. The highest BCUT2D eigenvalue weighted by Gasteiger charge is 2.35. The molecular weight excluding hydrogens is 248 g/mol. The third-order valence-electron chi connectivity index (χ3n) is 3.28. The average molecular weight is 264 g/mol. The molecule has 2 rings (SSSR count). The summed E-state index contributed by atoms with van der Waals surface area (Å²) in [5.74, 6) is -0.256. The summed E-state index contributed by atoms with van der Waals surface area (Å²) in [6.07, 6.45) is 0.529. The Bertz CT molecular complexity index is 503. The van der Waals surface area contributed by atoms with E-state index in [2.05, 4.69) is 0 Å². The quantitative estimate of drug-likeness (QED) is 0.470. The highest BCUT2D eigenvalue weighted by molar-refractivity contribution is 5.77. The Morgan fingerprint density at radius 2 is 2.16 bits per heavy atom. The number of ether oxygens (including phenoxy) is 1. The Morgan fingerprint density at radius 1 is 1.47 bits per heavy atom. The number of nitrogens with zero attached hydrogens (tertiary/aromatic N) is 2. The van der Waals surface area contributed by atoms with Crippen LogP contribution in [0.15, 0.2) is 24.3 Å². The standard InChI is InChI=1S/C13H16N2O4/c1-9-7-12(13(16)19-9)14(2)8-10-5-3-4-6-11(10)15(17)18/h3-6,9,12H,7-8H2,1-2H3/t9-,12-/m0/s1. The molecule has 0 aromatic heterocycles. The molecule has 2 atom stereocenters. The van der Waals surface area contributed by atoms with Gasteiger partial charge in [0, 0.05) is 24.6 Å². The van der Waals surface area contributed by atoms with E-state index in [-0.39, 0.29) is 23.8 Å². The van der Waals surface area contributed by atoms with Gasteiger partial charge < -0.3 is 4.74 Å². The highest BCUT2D eigenvalue weighted by atomic mass is 16.6. The van der Waals surface area contributed by atoms with E-state index in [1.807, 2.05) is 6.92 Å². The van der Waals surface area contributed by atoms with Crippen LogP contribution in [0, 0.1) is 10.1 Å². The first-order valence-electron chi connectivity index (χ1n) is 6.12. The Hall–Kier alpha value is -1.95. The van der Waals surface area contributed by atoms with Gasteiger partial charge in [0.2, 0.25) is 0 Å². The second-order valence-corrected chi connectivity index (χ2v) is 4.80. The molecule has 1 aromatic carbocycles. The lowest BCUT2D eigenvalue weighted by Crippen LogP contribution is -2.34. The molecule has 102 valence electrons. The minimum absolute atomic E-state index is 0.0776. The van der Waals surface area contributed by atoms with Crippen LogP contribution in [-0.2, 0) is 16.1 Å². The van der Waals surface area contributed by atoms with Crippen LogP contribution >= 0.6 is 0 Å². The lowest BCUT2D eigenvalue weighted by molar-refractivity contribution is -0.385. The molecule has 1 aliphatic heterocycles. The first-order chi connectivity index (χ1) is 8.99. The zero-order valence-electron chi connectivity index (χ0n) is 10.9. The van der Waals surface area contributed by atoms with Crippen molar-refractivity contribution in [2.75, 3.05) is 7.05 Å². The van der Waals surface area contributed by atoms with Crippen LogP contribution < -0.4 is 0 Å². The number of para-hydroxylation sites is 1. The van der Waals surface area contributed by atoms with Crippen molar-refractivity contribution in [3.05, 3.63) is 39.9 Å². The zero-order valence-corrected chi connectivity index (χ0v) is 10.9. The van der Waals surface area contributed by atoms with Crippen molar-refractivity contribution in [1.29, 1.82) is 0 Å². The summed E-state index contributed by atoms with van der Waals surface area (Å²) in [7, 11) is 1.78. The van der Waals surface area contributed by atoms with E-state index in [1.165, 1.54) is 6.07 Å². The van der Waals surface area contributed by atoms with Crippen molar-refractivity contribution >= 4 is 11.7 Å². The van der Waals surface area contributed by atoms with Crippen molar-refractivity contribution in [1.82, 2.24) is 4.90 Å². The molecule has 1 fully saturated rings. The molecule has 1 aliphatic rings. The number of hydrogen-bond acceptors (Lipinski definition) is 5. The normalized spacial score (nSPS) is 22.6. The number of carbonyl (C=O) groups is 1. The average Bonchev–Trinajstić information content (AvgIpc) is 2.69. The van der Waals surface area contributed by atoms with Crippen LogP contribution in [0.3, 0.4) is 0 Å². The van der Waals surface area contributed by atoms with Crippen molar-refractivity contribution in [3.63, 3.8) is 0 Å². The predicted molar refractivity (Wildman–Crippen MR) is 68.5 cm³/mol. The number of rotatable bonds is 4. The molecule has 0 amide bonds. The molecule has 0 spiro atoms. The predicted octanol–water partition coefficient (Wildman–Crippen LogP) is 1.73. The van der Waals surface area contributed by atoms with Gasteiger partial charge >= 0.3 is 5.97 Å². The number of cyclic esters (lactones) is 1. The van der Waals surface area contributed by atoms with Crippen LogP contribution in [-0.4, -0.2) is 35.0 Å². The number of nitro groups is 1. The van der Waals surface area contributed by atoms with E-state index in [0.29, 0.717) is 18.5 Å². The van der Waals surface area contributed by atoms with E-state index >= 15 is 0 Å². The van der Waals surface area contributed by atoms with Gasteiger partial charge in [-0.1, -0.05) is 18.2 Å². The number of hydrogen-bond donors (Lipinski definition) is 0. The molecule has 0 bridgehead atoms. The second kappa shape index (κ2) is 5.36. The molecule has 0 N–H and O–H groups in total. The molecule has 0 radical (unpaired) electrons. The Kier molecular flexibility index (Phi) is 3.80. The van der Waals surface area contributed by atoms with E-state index in [4.69, 9.17) is 4.74 Å². The lowest BCUT2D eigenvalue weighted by atomic mass is 10.1. The molecule has 6 heteroatoms. The SMILES string of the molecule is C[C@H]1C[C@H](N(C)Cc2ccccc2[N+](=O)[O-])C(=O)O1. The van der Waals surface area contributed by atoms with Crippen LogP contribution in [0.25, 0.3) is 0 Å². The van der Waals surface area contributed by atoms with Crippen molar-refractivity contribution in [3.8, 4) is 0 Å². The molecule has 1 heterocycles. The maximum Gasteiger partial charge on any atom is 0.323 e. The number of esters is 1. The summed E-state index contributed by atoms with van der Waals surface area (Å²) < 4.78 is 5.10. The fourth-order valence-corrected chi connectivity index (χ4v) is 2.30. The van der Waals surface area contributed by atoms with E-state index in [1.54, 1.807) is 30.1 Å². The van der Waals surface area contributed by atoms with Gasteiger partial charge in [0.1, 0.15) is 12.1 Å². The highest BCUT2D eigenvalue weighted by Crippen LogP contribution is 2.24. The molecule has 19 heavy (non-hydrogen) atoms. The van der Waals surface area contributed by atoms with Crippen molar-refractivity contribution in [2.45, 2.75) is 32.0 Å². The summed E-state index contributed by atoms with van der Waals surface area (Å²) in [5, 5.41) is 10.9. The second-order valence-electron chi connectivity index (χ2n) is 4.80. The molecule has 0 unspecified atom stereocenters. The minimum Gasteiger partial charge on any atom is -0.461 e. The van der Waals surface area contributed by atoms with Crippen molar-refractivity contribution in [2.24, 2.45) is 0 Å². The number of benzene rings is 1. The maximum atomic E-state index is 11.6. The monoisotopic (exact) mass is 264 g/mol. The van der Waals surface area contributed by atoms with Gasteiger partial charge in [-0.05, 0) is 14.0 Å². The number of nitro benzene ring substituents is 1. The first kappa shape index (κ1) is 13.5. The maximum absolute atomic E-state index is 11.6. The molecule has 1 aromatic rings. The fourth-order valence-electron chi connectivity index (χ4n) is 2.30. The minimum atomic E-state index is -0.404. The van der Waals surface area contributed by atoms with Gasteiger partial charge in [0.05, 0.1) is 4.92 Å². The van der Waals surface area contributed by atoms with Gasteiger partial charge in [0.15, 0.2) is 0 Å². The van der Waals surface area contributed by atoms with Gasteiger partial charge in [-0.25, -0.2) is 0 Å². The smallest absolute Gasteiger partial charge is 0.323 e.